The van der Waals surface area contributed by atoms with Crippen molar-refractivity contribution in [3.8, 4) is 56.4 Å². The summed E-state index contributed by atoms with van der Waals surface area (Å²) in [6.07, 6.45) is 0. The van der Waals surface area contributed by atoms with Crippen LogP contribution in [0, 0.1) is 0 Å². The number of hydrogen-bond donors (Lipinski definition) is 0. The van der Waals surface area contributed by atoms with Gasteiger partial charge in [-0.3, -0.25) is 9.13 Å². The molecule has 0 aliphatic heterocycles. The number of fused-ring (bicyclic) bond motifs is 3. The third-order valence-corrected chi connectivity index (χ3v) is 9.61. The van der Waals surface area contributed by atoms with Gasteiger partial charge in [-0.25, -0.2) is 19.7 Å². The molecule has 0 unspecified atom stereocenters. The Kier molecular flexibility index (Phi) is 6.95. The fraction of sp³-hybridized carbons (Fsp3) is 0.0455. The molecule has 0 N–H and O–H groups in total. The summed E-state index contributed by atoms with van der Waals surface area (Å²) in [4.78, 5) is 28.1. The molecular weight excluding hydrogens is 615 g/mol. The molecule has 6 nitrogen and oxygen atoms in total. The molecule has 0 radical (unpaired) electrons. The van der Waals surface area contributed by atoms with Crippen molar-refractivity contribution in [2.75, 3.05) is 0 Å². The Morgan fingerprint density at radius 1 is 0.380 bits per heavy atom. The Bertz CT molecular complexity index is 2740. The summed E-state index contributed by atoms with van der Waals surface area (Å²) in [5, 5.41) is 4.44. The van der Waals surface area contributed by atoms with E-state index < -0.39 is 0 Å². The van der Waals surface area contributed by atoms with E-state index in [1.807, 2.05) is 55.6 Å². The highest BCUT2D eigenvalue weighted by molar-refractivity contribution is 6.20. The predicted octanol–water partition coefficient (Wildman–Crippen LogP) is 9.70. The molecule has 0 aliphatic carbocycles. The van der Waals surface area contributed by atoms with E-state index in [-0.39, 0.29) is 5.69 Å². The Labute approximate surface area is 288 Å². The van der Waals surface area contributed by atoms with E-state index in [0.717, 1.165) is 60.4 Å². The minimum Gasteiger partial charge on any atom is -0.295 e. The lowest BCUT2D eigenvalue weighted by Crippen LogP contribution is -2.19. The topological polar surface area (TPSA) is 65.6 Å². The first-order valence-corrected chi connectivity index (χ1v) is 16.6. The van der Waals surface area contributed by atoms with Gasteiger partial charge in [0.25, 0.3) is 0 Å². The highest BCUT2D eigenvalue weighted by Crippen LogP contribution is 2.43. The zero-order valence-corrected chi connectivity index (χ0v) is 27.6. The molecule has 0 fully saturated rings. The smallest absolute Gasteiger partial charge is 0.295 e. The van der Waals surface area contributed by atoms with Gasteiger partial charge in [-0.15, -0.1) is 0 Å². The number of aromatic nitrogens is 5. The normalized spacial score (nSPS) is 11.5. The molecule has 6 heteroatoms. The molecule has 0 amide bonds. The summed E-state index contributed by atoms with van der Waals surface area (Å²) >= 11 is 0. The highest BCUT2D eigenvalue weighted by Gasteiger charge is 2.20. The van der Waals surface area contributed by atoms with Crippen molar-refractivity contribution >= 4 is 32.6 Å². The van der Waals surface area contributed by atoms with Gasteiger partial charge in [0, 0.05) is 30.8 Å². The van der Waals surface area contributed by atoms with Gasteiger partial charge in [0.05, 0.1) is 11.0 Å². The monoisotopic (exact) mass is 645 g/mol. The van der Waals surface area contributed by atoms with Crippen LogP contribution in [0.1, 0.15) is 0 Å². The predicted molar refractivity (Wildman–Crippen MR) is 204 cm³/mol. The van der Waals surface area contributed by atoms with Crippen molar-refractivity contribution in [3.63, 3.8) is 0 Å². The van der Waals surface area contributed by atoms with E-state index in [1.54, 1.807) is 16.2 Å². The first-order valence-electron chi connectivity index (χ1n) is 16.6. The summed E-state index contributed by atoms with van der Waals surface area (Å²) in [5.41, 5.74) is 8.86. The molecule has 0 atom stereocenters. The van der Waals surface area contributed by atoms with E-state index in [4.69, 9.17) is 15.0 Å². The van der Waals surface area contributed by atoms with Crippen LogP contribution < -0.4 is 5.69 Å². The van der Waals surface area contributed by atoms with Crippen LogP contribution in [0.4, 0.5) is 0 Å². The molecule has 0 saturated carbocycles. The van der Waals surface area contributed by atoms with Crippen LogP contribution in [0.15, 0.2) is 156 Å². The fourth-order valence-corrected chi connectivity index (χ4v) is 7.14. The van der Waals surface area contributed by atoms with Crippen molar-refractivity contribution in [1.82, 2.24) is 24.1 Å². The van der Waals surface area contributed by atoms with Crippen LogP contribution in [-0.4, -0.2) is 24.1 Å². The lowest BCUT2D eigenvalue weighted by Gasteiger charge is -2.17. The molecule has 0 bridgehead atoms. The Morgan fingerprint density at radius 3 is 1.48 bits per heavy atom. The summed E-state index contributed by atoms with van der Waals surface area (Å²) in [6.45, 7) is 0. The van der Waals surface area contributed by atoms with Gasteiger partial charge in [0.1, 0.15) is 0 Å². The Morgan fingerprint density at radius 2 is 0.840 bits per heavy atom. The average Bonchev–Trinajstić information content (AvgIpc) is 3.40. The summed E-state index contributed by atoms with van der Waals surface area (Å²) in [5.74, 6) is 1.81. The van der Waals surface area contributed by atoms with Gasteiger partial charge in [-0.1, -0.05) is 133 Å². The Hall–Kier alpha value is -6.66. The maximum Gasteiger partial charge on any atom is 0.328 e. The number of rotatable bonds is 5. The number of hydrogen-bond acceptors (Lipinski definition) is 4. The van der Waals surface area contributed by atoms with Gasteiger partial charge in [-0.2, -0.15) is 0 Å². The van der Waals surface area contributed by atoms with E-state index in [1.165, 1.54) is 11.1 Å². The first kappa shape index (κ1) is 29.5. The molecule has 2 heterocycles. The minimum atomic E-state index is -0.0473. The second-order valence-corrected chi connectivity index (χ2v) is 12.6. The minimum absolute atomic E-state index is 0.0473. The molecule has 0 aliphatic rings. The van der Waals surface area contributed by atoms with E-state index >= 15 is 0 Å². The molecule has 50 heavy (non-hydrogen) atoms. The lowest BCUT2D eigenvalue weighted by molar-refractivity contribution is 0.795. The van der Waals surface area contributed by atoms with Crippen LogP contribution >= 0.6 is 0 Å². The SMILES string of the molecule is Cn1c(=O)n(C)c2cc(-c3cccc(-c4nc(-c5ccccc5)nc(-c5c6ccccc6c(-c6ccccc6)c6ccccc56)n4)c3)ccc21. The zero-order chi connectivity index (χ0) is 33.8. The zero-order valence-electron chi connectivity index (χ0n) is 27.6. The van der Waals surface area contributed by atoms with Gasteiger partial charge >= 0.3 is 5.69 Å². The van der Waals surface area contributed by atoms with Crippen molar-refractivity contribution in [2.24, 2.45) is 14.1 Å². The van der Waals surface area contributed by atoms with Crippen molar-refractivity contribution < 1.29 is 0 Å². The van der Waals surface area contributed by atoms with E-state index in [0.29, 0.717) is 17.5 Å². The van der Waals surface area contributed by atoms with Crippen molar-refractivity contribution in [2.45, 2.75) is 0 Å². The van der Waals surface area contributed by atoms with Crippen LogP contribution in [0.25, 0.3) is 89.0 Å². The maximum absolute atomic E-state index is 12.6. The summed E-state index contributed by atoms with van der Waals surface area (Å²) in [7, 11) is 3.61. The third kappa shape index (κ3) is 4.80. The van der Waals surface area contributed by atoms with E-state index in [2.05, 4.69) is 103 Å². The third-order valence-electron chi connectivity index (χ3n) is 9.61. The highest BCUT2D eigenvalue weighted by atomic mass is 16.1. The second kappa shape index (κ2) is 11.8. The van der Waals surface area contributed by atoms with Crippen LogP contribution in [0.5, 0.6) is 0 Å². The average molecular weight is 646 g/mol. The van der Waals surface area contributed by atoms with Crippen LogP contribution in [0.3, 0.4) is 0 Å². The number of nitrogens with zero attached hydrogens (tertiary/aromatic N) is 5. The molecule has 2 aromatic heterocycles. The number of aryl methyl sites for hydroxylation is 2. The molecule has 238 valence electrons. The number of benzene rings is 7. The lowest BCUT2D eigenvalue weighted by atomic mass is 9.88. The van der Waals surface area contributed by atoms with Crippen LogP contribution in [0.2, 0.25) is 0 Å². The van der Waals surface area contributed by atoms with Crippen molar-refractivity contribution in [1.29, 1.82) is 0 Å². The first-order chi connectivity index (χ1) is 24.5. The molecular formula is C44H31N5O. The summed E-state index contributed by atoms with van der Waals surface area (Å²) < 4.78 is 3.36. The second-order valence-electron chi connectivity index (χ2n) is 12.6. The molecule has 9 rings (SSSR count). The largest absolute Gasteiger partial charge is 0.328 e. The van der Waals surface area contributed by atoms with E-state index in [9.17, 15) is 4.79 Å². The number of imidazole rings is 1. The standard InChI is InChI=1S/C44H31N5O/c1-48-37-25-24-31(27-38(37)49(2)44(48)50)30-18-13-19-32(26-30)42-45-41(29-16-7-4-8-17-29)46-43(47-42)40-35-22-11-9-20-33(35)39(28-14-5-3-6-15-28)34-21-10-12-23-36(34)40/h3-27H,1-2H3. The van der Waals surface area contributed by atoms with Crippen LogP contribution in [-0.2, 0) is 14.1 Å². The van der Waals surface area contributed by atoms with Crippen molar-refractivity contribution in [3.05, 3.63) is 162 Å². The molecule has 7 aromatic carbocycles. The fourth-order valence-electron chi connectivity index (χ4n) is 7.14. The summed E-state index contributed by atoms with van der Waals surface area (Å²) in [6, 6.07) is 52.1. The molecule has 0 saturated heterocycles. The maximum atomic E-state index is 12.6. The molecule has 9 aromatic rings. The molecule has 0 spiro atoms. The van der Waals surface area contributed by atoms with Gasteiger partial charge in [0.2, 0.25) is 0 Å². The van der Waals surface area contributed by atoms with Gasteiger partial charge in [-0.05, 0) is 62.0 Å². The van der Waals surface area contributed by atoms with Gasteiger partial charge < -0.3 is 0 Å². The quantitative estimate of drug-likeness (QED) is 0.175. The van der Waals surface area contributed by atoms with Gasteiger partial charge in [0.15, 0.2) is 17.5 Å². The Balaban J connectivity index is 1.29.